The molecule has 1 atom stereocenters. The van der Waals surface area contributed by atoms with Gasteiger partial charge in [0, 0.05) is 0 Å². The zero-order valence-electron chi connectivity index (χ0n) is 7.79. The molecule has 0 aromatic heterocycles. The molecule has 1 aromatic rings. The maximum Gasteiger partial charge on any atom is 0.135 e. The number of benzene rings is 1. The summed E-state index contributed by atoms with van der Waals surface area (Å²) >= 11 is 0. The fraction of sp³-hybridized carbons (Fsp3) is 0.300. The van der Waals surface area contributed by atoms with Crippen LogP contribution in [0.2, 0.25) is 0 Å². The predicted octanol–water partition coefficient (Wildman–Crippen LogP) is 2.66. The van der Waals surface area contributed by atoms with E-state index in [1.807, 2.05) is 9.24 Å². The zero-order valence-corrected chi connectivity index (χ0v) is 8.95. The van der Waals surface area contributed by atoms with Gasteiger partial charge in [0.05, 0.1) is 0 Å². The van der Waals surface area contributed by atoms with Crippen LogP contribution < -0.4 is 0 Å². The molecule has 1 nitrogen and oxygen atoms in total. The molecule has 0 aliphatic rings. The normalized spacial score (nSPS) is 8.33. The average molecular weight is 182 g/mol. The van der Waals surface area contributed by atoms with E-state index in [1.54, 1.807) is 0 Å². The van der Waals surface area contributed by atoms with Gasteiger partial charge in [0.1, 0.15) is 6.03 Å². The van der Waals surface area contributed by atoms with Crippen LogP contribution in [0, 0.1) is 20.8 Å². The molecule has 0 spiro atoms. The third-order valence-electron chi connectivity index (χ3n) is 1.88. The van der Waals surface area contributed by atoms with E-state index in [1.165, 1.54) is 16.7 Å². The Labute approximate surface area is 76.4 Å². The van der Waals surface area contributed by atoms with Gasteiger partial charge in [-0.25, -0.2) is 0 Å². The van der Waals surface area contributed by atoms with Crippen LogP contribution in [0.4, 0.5) is 0 Å². The summed E-state index contributed by atoms with van der Waals surface area (Å²) in [5, 5.41) is 0. The van der Waals surface area contributed by atoms with Crippen molar-refractivity contribution in [2.45, 2.75) is 20.8 Å². The SMILES string of the molecule is Cc1cccc(C)c1C.O=CP. The summed E-state index contributed by atoms with van der Waals surface area (Å²) in [5.74, 6) is 0. The summed E-state index contributed by atoms with van der Waals surface area (Å²) in [4.78, 5) is 8.77. The number of carbonyl (C=O) groups is 1. The lowest BCUT2D eigenvalue weighted by molar-refractivity contribution is 0.570. The molecule has 0 amide bonds. The predicted molar refractivity (Wildman–Crippen MR) is 57.1 cm³/mol. The van der Waals surface area contributed by atoms with E-state index in [9.17, 15) is 0 Å². The first-order valence-corrected chi connectivity index (χ1v) is 4.48. The molecule has 1 rings (SSSR count). The Balaban J connectivity index is 0.000000354. The van der Waals surface area contributed by atoms with Gasteiger partial charge in [0.15, 0.2) is 0 Å². The van der Waals surface area contributed by atoms with Crippen LogP contribution in [0.5, 0.6) is 0 Å². The smallest absolute Gasteiger partial charge is 0.135 e. The fourth-order valence-corrected chi connectivity index (χ4v) is 0.898. The van der Waals surface area contributed by atoms with Crippen LogP contribution in [0.1, 0.15) is 16.7 Å². The summed E-state index contributed by atoms with van der Waals surface area (Å²) in [6, 6.07) is 7.04. The van der Waals surface area contributed by atoms with Crippen molar-refractivity contribution in [2.24, 2.45) is 0 Å². The number of hydrogen-bond acceptors (Lipinski definition) is 1. The Morgan fingerprint density at radius 3 is 1.75 bits per heavy atom. The molecule has 2 heteroatoms. The third-order valence-corrected chi connectivity index (χ3v) is 1.88. The molecule has 1 aromatic carbocycles. The van der Waals surface area contributed by atoms with Crippen molar-refractivity contribution in [1.82, 2.24) is 0 Å². The maximum atomic E-state index is 8.77. The highest BCUT2D eigenvalue weighted by Crippen LogP contribution is 2.09. The molecule has 12 heavy (non-hydrogen) atoms. The van der Waals surface area contributed by atoms with Crippen LogP contribution in [0.3, 0.4) is 0 Å². The lowest BCUT2D eigenvalue weighted by Gasteiger charge is -2.00. The van der Waals surface area contributed by atoms with E-state index in [4.69, 9.17) is 4.79 Å². The van der Waals surface area contributed by atoms with Gasteiger partial charge in [0.2, 0.25) is 0 Å². The van der Waals surface area contributed by atoms with Crippen LogP contribution >= 0.6 is 9.24 Å². The molecular weight excluding hydrogens is 167 g/mol. The van der Waals surface area contributed by atoms with Gasteiger partial charge in [-0.05, 0) is 37.5 Å². The van der Waals surface area contributed by atoms with E-state index in [-0.39, 0.29) is 0 Å². The quantitative estimate of drug-likeness (QED) is 0.445. The summed E-state index contributed by atoms with van der Waals surface area (Å²) in [7, 11) is 1.90. The monoisotopic (exact) mass is 182 g/mol. The third kappa shape index (κ3) is 3.64. The van der Waals surface area contributed by atoms with Crippen LogP contribution in [0.15, 0.2) is 18.2 Å². The highest BCUT2D eigenvalue weighted by atomic mass is 31.0. The van der Waals surface area contributed by atoms with Crippen LogP contribution in [-0.2, 0) is 4.79 Å². The number of hydrogen-bond donors (Lipinski definition) is 0. The molecule has 0 N–H and O–H groups in total. The minimum absolute atomic E-state index is 0.667. The Kier molecular flexibility index (Phi) is 5.57. The molecule has 0 saturated carbocycles. The first kappa shape index (κ1) is 11.3. The highest BCUT2D eigenvalue weighted by molar-refractivity contribution is 7.36. The number of aryl methyl sites for hydroxylation is 2. The summed E-state index contributed by atoms with van der Waals surface area (Å²) in [5.41, 5.74) is 4.18. The van der Waals surface area contributed by atoms with Gasteiger partial charge in [-0.15, -0.1) is 0 Å². The van der Waals surface area contributed by atoms with E-state index < -0.39 is 0 Å². The van der Waals surface area contributed by atoms with E-state index in [0.29, 0.717) is 6.03 Å². The Morgan fingerprint density at radius 1 is 1.17 bits per heavy atom. The second-order valence-electron chi connectivity index (χ2n) is 2.65. The zero-order chi connectivity index (χ0) is 9.56. The van der Waals surface area contributed by atoms with E-state index in [0.717, 1.165) is 0 Å². The number of carbonyl (C=O) groups excluding carboxylic acids is 1. The van der Waals surface area contributed by atoms with Gasteiger partial charge in [0.25, 0.3) is 0 Å². The lowest BCUT2D eigenvalue weighted by Crippen LogP contribution is -1.82. The van der Waals surface area contributed by atoms with Gasteiger partial charge >= 0.3 is 0 Å². The molecule has 0 bridgehead atoms. The fourth-order valence-electron chi connectivity index (χ4n) is 0.898. The van der Waals surface area contributed by atoms with Crippen molar-refractivity contribution >= 4 is 15.3 Å². The topological polar surface area (TPSA) is 17.1 Å². The first-order valence-electron chi connectivity index (χ1n) is 3.81. The first-order chi connectivity index (χ1) is 5.63. The Bertz CT molecular complexity index is 236. The van der Waals surface area contributed by atoms with E-state index >= 15 is 0 Å². The number of rotatable bonds is 0. The second kappa shape index (κ2) is 5.91. The summed E-state index contributed by atoms with van der Waals surface area (Å²) in [6.07, 6.45) is 0. The van der Waals surface area contributed by atoms with E-state index in [2.05, 4.69) is 39.0 Å². The standard InChI is InChI=1S/C9H12.CH3OP/c1-7-5-4-6-8(2)9(7)3;2-1-3/h4-6H,1-3H3;1H,3H2. The highest BCUT2D eigenvalue weighted by Gasteiger charge is 1.91. The molecular formula is C10H15OP. The van der Waals surface area contributed by atoms with Crippen molar-refractivity contribution in [3.05, 3.63) is 34.9 Å². The lowest BCUT2D eigenvalue weighted by atomic mass is 10.1. The molecule has 66 valence electrons. The molecule has 0 aliphatic carbocycles. The molecule has 0 heterocycles. The largest absolute Gasteiger partial charge is 0.299 e. The van der Waals surface area contributed by atoms with Crippen molar-refractivity contribution in [1.29, 1.82) is 0 Å². The average Bonchev–Trinajstić information content (AvgIpc) is 2.02. The van der Waals surface area contributed by atoms with Gasteiger partial charge in [-0.2, -0.15) is 0 Å². The van der Waals surface area contributed by atoms with Crippen molar-refractivity contribution in [3.63, 3.8) is 0 Å². The van der Waals surface area contributed by atoms with Gasteiger partial charge in [-0.3, -0.25) is 4.79 Å². The molecule has 0 fully saturated rings. The van der Waals surface area contributed by atoms with Gasteiger partial charge < -0.3 is 0 Å². The van der Waals surface area contributed by atoms with Crippen molar-refractivity contribution in [3.8, 4) is 0 Å². The van der Waals surface area contributed by atoms with Crippen LogP contribution in [-0.4, -0.2) is 6.03 Å². The second-order valence-corrected chi connectivity index (χ2v) is 2.93. The Hall–Kier alpha value is -0.680. The Morgan fingerprint density at radius 2 is 1.50 bits per heavy atom. The van der Waals surface area contributed by atoms with Gasteiger partial charge in [-0.1, -0.05) is 27.4 Å². The van der Waals surface area contributed by atoms with Crippen molar-refractivity contribution in [2.75, 3.05) is 0 Å². The summed E-state index contributed by atoms with van der Waals surface area (Å²) in [6.45, 7) is 6.44. The summed E-state index contributed by atoms with van der Waals surface area (Å²) < 4.78 is 0. The molecule has 0 saturated heterocycles. The maximum absolute atomic E-state index is 8.77. The minimum Gasteiger partial charge on any atom is -0.299 e. The van der Waals surface area contributed by atoms with Crippen molar-refractivity contribution < 1.29 is 4.79 Å². The molecule has 0 aliphatic heterocycles. The molecule has 0 radical (unpaired) electrons. The minimum atomic E-state index is 0.667. The van der Waals surface area contributed by atoms with Crippen LogP contribution in [0.25, 0.3) is 0 Å². The molecule has 1 unspecified atom stereocenters.